The van der Waals surface area contributed by atoms with Crippen LogP contribution in [0.1, 0.15) is 27.2 Å². The van der Waals surface area contributed by atoms with E-state index in [-0.39, 0.29) is 0 Å². The summed E-state index contributed by atoms with van der Waals surface area (Å²) in [5.74, 6) is 0.755. The highest BCUT2D eigenvalue weighted by Gasteiger charge is 2.39. The van der Waals surface area contributed by atoms with Gasteiger partial charge in [-0.15, -0.1) is 0 Å². The van der Waals surface area contributed by atoms with E-state index in [4.69, 9.17) is 19.0 Å². The van der Waals surface area contributed by atoms with Crippen LogP contribution in [0.5, 0.6) is 0 Å². The zero-order valence-corrected chi connectivity index (χ0v) is 13.2. The summed E-state index contributed by atoms with van der Waals surface area (Å²) in [5.41, 5.74) is 4.97. The molecule has 8 heteroatoms. The zero-order valence-electron chi connectivity index (χ0n) is 11.4. The van der Waals surface area contributed by atoms with Crippen LogP contribution in [0.3, 0.4) is 0 Å². The highest BCUT2D eigenvalue weighted by Crippen LogP contribution is 2.19. The van der Waals surface area contributed by atoms with Gasteiger partial charge in [0.2, 0.25) is 0 Å². The van der Waals surface area contributed by atoms with Gasteiger partial charge < -0.3 is 19.0 Å². The molecule has 0 aliphatic rings. The Kier molecular flexibility index (Phi) is 10.5. The fourth-order valence-corrected chi connectivity index (χ4v) is 4.89. The molecule has 2 amide bonds. The van der Waals surface area contributed by atoms with E-state index < -0.39 is 14.8 Å². The van der Waals surface area contributed by atoms with Crippen LogP contribution in [-0.2, 0) is 13.3 Å². The monoisotopic (exact) mass is 296 g/mol. The molecule has 0 radical (unpaired) electrons. The number of urea groups is 1. The Balaban J connectivity index is 4.08. The van der Waals surface area contributed by atoms with Crippen LogP contribution in [0.15, 0.2) is 0 Å². The van der Waals surface area contributed by atoms with E-state index in [1.165, 1.54) is 11.9 Å². The molecule has 0 aliphatic heterocycles. The molecule has 0 aromatic heterocycles. The van der Waals surface area contributed by atoms with Gasteiger partial charge in [0.05, 0.1) is 0 Å². The largest absolute Gasteiger partial charge is 0.500 e. The van der Waals surface area contributed by atoms with Gasteiger partial charge in [0, 0.05) is 31.6 Å². The predicted molar refractivity (Wildman–Crippen MR) is 75.2 cm³/mol. The molecule has 18 heavy (non-hydrogen) atoms. The molecule has 0 spiro atoms. The van der Waals surface area contributed by atoms with Gasteiger partial charge in [0.15, 0.2) is 0 Å². The molecule has 0 unspecified atom stereocenters. The number of nitrogens with two attached hydrogens (primary N) is 1. The van der Waals surface area contributed by atoms with Gasteiger partial charge >= 0.3 is 14.8 Å². The first kappa shape index (κ1) is 17.7. The van der Waals surface area contributed by atoms with Crippen molar-refractivity contribution in [1.82, 2.24) is 4.72 Å². The molecule has 0 aliphatic carbocycles. The van der Waals surface area contributed by atoms with E-state index in [9.17, 15) is 4.79 Å². The van der Waals surface area contributed by atoms with Crippen LogP contribution in [0.25, 0.3) is 0 Å². The molecule has 0 bridgehead atoms. The third kappa shape index (κ3) is 7.93. The van der Waals surface area contributed by atoms with Crippen LogP contribution in [0.2, 0.25) is 6.04 Å². The summed E-state index contributed by atoms with van der Waals surface area (Å²) in [4.78, 5) is 10.5. The number of amides is 2. The maximum atomic E-state index is 10.5. The van der Waals surface area contributed by atoms with E-state index in [1.54, 1.807) is 0 Å². The number of primary amides is 1. The lowest BCUT2D eigenvalue weighted by atomic mass is 10.6. The standard InChI is InChI=1S/C10H24N2O4SSi/c1-4-14-18(15-5-2,16-6-3)9-7-8-17-12-10(11)13/h4-9H2,1-3H3,(H3,11,12,13). The number of carbonyl (C=O) groups excluding carboxylic acids is 1. The van der Waals surface area contributed by atoms with Crippen molar-refractivity contribution in [2.75, 3.05) is 25.6 Å². The molecule has 6 nitrogen and oxygen atoms in total. The molecule has 108 valence electrons. The van der Waals surface area contributed by atoms with Gasteiger partial charge in [-0.1, -0.05) is 0 Å². The molecule has 0 fully saturated rings. The SMILES string of the molecule is CCO[Si](CCCSNC(N)=O)(OCC)OCC. The second-order valence-corrected chi connectivity index (χ2v) is 7.03. The highest BCUT2D eigenvalue weighted by atomic mass is 32.2. The summed E-state index contributed by atoms with van der Waals surface area (Å²) in [6, 6.07) is 0.221. The molecular formula is C10H24N2O4SSi. The normalized spacial score (nSPS) is 11.5. The van der Waals surface area contributed by atoms with E-state index in [2.05, 4.69) is 4.72 Å². The molecular weight excluding hydrogens is 272 g/mol. The van der Waals surface area contributed by atoms with Crippen LogP contribution in [0.4, 0.5) is 4.79 Å². The van der Waals surface area contributed by atoms with Crippen molar-refractivity contribution in [2.24, 2.45) is 5.73 Å². The Hall–Kier alpha value is -0.283. The average molecular weight is 296 g/mol. The Labute approximate surface area is 114 Å². The minimum atomic E-state index is -2.53. The van der Waals surface area contributed by atoms with Gasteiger partial charge in [0.25, 0.3) is 0 Å². The molecule has 0 atom stereocenters. The van der Waals surface area contributed by atoms with E-state index in [1.807, 2.05) is 20.8 Å². The number of carbonyl (C=O) groups is 1. The second kappa shape index (κ2) is 10.6. The number of hydrogen-bond acceptors (Lipinski definition) is 5. The molecule has 3 N–H and O–H groups in total. The third-order valence-electron chi connectivity index (χ3n) is 1.99. The van der Waals surface area contributed by atoms with Crippen molar-refractivity contribution >= 4 is 26.8 Å². The number of nitrogens with one attached hydrogen (secondary N) is 1. The lowest BCUT2D eigenvalue weighted by molar-refractivity contribution is 0.0712. The highest BCUT2D eigenvalue weighted by molar-refractivity contribution is 7.97. The van der Waals surface area contributed by atoms with E-state index >= 15 is 0 Å². The fraction of sp³-hybridized carbons (Fsp3) is 0.900. The topological polar surface area (TPSA) is 82.8 Å². The Morgan fingerprint density at radius 3 is 2.06 bits per heavy atom. The Morgan fingerprint density at radius 1 is 1.17 bits per heavy atom. The van der Waals surface area contributed by atoms with E-state index in [0.717, 1.165) is 18.2 Å². The summed E-state index contributed by atoms with van der Waals surface area (Å²) < 4.78 is 19.6. The summed E-state index contributed by atoms with van der Waals surface area (Å²) in [5, 5.41) is 0. The molecule has 0 aromatic rings. The van der Waals surface area contributed by atoms with Crippen LogP contribution in [-0.4, -0.2) is 40.4 Å². The number of rotatable bonds is 11. The van der Waals surface area contributed by atoms with E-state index in [0.29, 0.717) is 19.8 Å². The summed E-state index contributed by atoms with van der Waals surface area (Å²) in [6.07, 6.45) is 0.844. The first-order chi connectivity index (χ1) is 8.60. The fourth-order valence-electron chi connectivity index (χ4n) is 1.48. The lowest BCUT2D eigenvalue weighted by Gasteiger charge is -2.28. The minimum absolute atomic E-state index is 0.525. The van der Waals surface area contributed by atoms with Crippen molar-refractivity contribution in [2.45, 2.75) is 33.2 Å². The first-order valence-corrected chi connectivity index (χ1v) is 9.11. The Morgan fingerprint density at radius 2 is 1.67 bits per heavy atom. The van der Waals surface area contributed by atoms with Crippen LogP contribution >= 0.6 is 11.9 Å². The van der Waals surface area contributed by atoms with Crippen molar-refractivity contribution < 1.29 is 18.1 Å². The summed E-state index contributed by atoms with van der Waals surface area (Å²) in [6.45, 7) is 7.55. The maximum Gasteiger partial charge on any atom is 0.500 e. The summed E-state index contributed by atoms with van der Waals surface area (Å²) in [7, 11) is -2.53. The average Bonchev–Trinajstić information content (AvgIpc) is 2.29. The molecule has 0 rings (SSSR count). The quantitative estimate of drug-likeness (QED) is 0.345. The molecule has 0 heterocycles. The van der Waals surface area contributed by atoms with Crippen LogP contribution in [0, 0.1) is 0 Å². The van der Waals surface area contributed by atoms with Crippen LogP contribution < -0.4 is 10.5 Å². The summed E-state index contributed by atoms with van der Waals surface area (Å²) >= 11 is 1.29. The van der Waals surface area contributed by atoms with Crippen molar-refractivity contribution in [3.8, 4) is 0 Å². The smallest absolute Gasteiger partial charge is 0.374 e. The zero-order chi connectivity index (χ0) is 13.9. The van der Waals surface area contributed by atoms with Gasteiger partial charge in [-0.3, -0.25) is 4.72 Å². The second-order valence-electron chi connectivity index (χ2n) is 3.40. The maximum absolute atomic E-state index is 10.5. The van der Waals surface area contributed by atoms with Gasteiger partial charge in [-0.05, 0) is 39.1 Å². The van der Waals surface area contributed by atoms with Crippen molar-refractivity contribution in [3.63, 3.8) is 0 Å². The molecule has 0 aromatic carbocycles. The number of hydrogen-bond donors (Lipinski definition) is 2. The lowest BCUT2D eigenvalue weighted by Crippen LogP contribution is -2.46. The third-order valence-corrected chi connectivity index (χ3v) is 5.98. The minimum Gasteiger partial charge on any atom is -0.374 e. The van der Waals surface area contributed by atoms with Crippen molar-refractivity contribution in [1.29, 1.82) is 0 Å². The van der Waals surface area contributed by atoms with Gasteiger partial charge in [-0.25, -0.2) is 4.79 Å². The molecule has 0 saturated heterocycles. The predicted octanol–water partition coefficient (Wildman–Crippen LogP) is 1.74. The Bertz CT molecular complexity index is 217. The van der Waals surface area contributed by atoms with Gasteiger partial charge in [0.1, 0.15) is 0 Å². The molecule has 0 saturated carbocycles. The van der Waals surface area contributed by atoms with Crippen molar-refractivity contribution in [3.05, 3.63) is 0 Å². The van der Waals surface area contributed by atoms with Gasteiger partial charge in [-0.2, -0.15) is 0 Å². The first-order valence-electron chi connectivity index (χ1n) is 6.19.